The first-order chi connectivity index (χ1) is 20.1. The molecule has 5 rings (SSSR count). The summed E-state index contributed by atoms with van der Waals surface area (Å²) in [7, 11) is 1.30. The van der Waals surface area contributed by atoms with Crippen molar-refractivity contribution in [1.29, 1.82) is 0 Å². The molecule has 1 N–H and O–H groups in total. The van der Waals surface area contributed by atoms with Crippen LogP contribution >= 0.6 is 15.9 Å². The Labute approximate surface area is 255 Å². The Kier molecular flexibility index (Phi) is 9.02. The van der Waals surface area contributed by atoms with Gasteiger partial charge in [0.15, 0.2) is 4.67 Å². The first kappa shape index (κ1) is 29.8. The van der Waals surface area contributed by atoms with E-state index < -0.39 is 17.9 Å². The van der Waals surface area contributed by atoms with Crippen LogP contribution in [0.2, 0.25) is 0 Å². The van der Waals surface area contributed by atoms with Gasteiger partial charge in [-0.1, -0.05) is 64.7 Å². The van der Waals surface area contributed by atoms with E-state index in [-0.39, 0.29) is 17.5 Å². The first-order valence-electron chi connectivity index (χ1n) is 14.4. The van der Waals surface area contributed by atoms with Gasteiger partial charge in [-0.2, -0.15) is 0 Å². The fourth-order valence-electron chi connectivity index (χ4n) is 5.51. The average Bonchev–Trinajstić information content (AvgIpc) is 3.63. The molecule has 1 amide bonds. The van der Waals surface area contributed by atoms with Crippen LogP contribution in [-0.2, 0) is 27.8 Å². The van der Waals surface area contributed by atoms with Crippen LogP contribution in [0.25, 0.3) is 10.8 Å². The van der Waals surface area contributed by atoms with Crippen LogP contribution in [0.5, 0.6) is 11.5 Å². The van der Waals surface area contributed by atoms with Crippen molar-refractivity contribution in [2.45, 2.75) is 70.8 Å². The predicted octanol–water partition coefficient (Wildman–Crippen LogP) is 7.93. The normalized spacial score (nSPS) is 14.6. The lowest BCUT2D eigenvalue weighted by molar-refractivity contribution is -0.142. The summed E-state index contributed by atoms with van der Waals surface area (Å²) in [5, 5.41) is 4.67. The molecule has 0 unspecified atom stereocenters. The standard InChI is InChI=1S/C34H37BrN2O5/c1-34(2,3)23-10-13-24(14-11-23)41-25-12-9-22-18-29(36-28(27(22)19-25)17-21-7-5-6-8-21)32(38)37-30(33(39)40-4)20-26-15-16-31(35)42-26/h9-16,18-19,21,30H,5-8,17,20H2,1-4H3,(H,37,38)/t30-/m0/s1. The van der Waals surface area contributed by atoms with E-state index >= 15 is 0 Å². The Morgan fingerprint density at radius 2 is 1.74 bits per heavy atom. The number of halogens is 1. The fraction of sp³-hybridized carbons (Fsp3) is 0.382. The van der Waals surface area contributed by atoms with Gasteiger partial charge in [0, 0.05) is 17.5 Å². The third kappa shape index (κ3) is 7.21. The minimum absolute atomic E-state index is 0.0685. The van der Waals surface area contributed by atoms with Gasteiger partial charge in [0.1, 0.15) is 29.0 Å². The van der Waals surface area contributed by atoms with Crippen molar-refractivity contribution in [2.75, 3.05) is 7.11 Å². The van der Waals surface area contributed by atoms with Crippen molar-refractivity contribution >= 4 is 38.6 Å². The SMILES string of the molecule is COC(=O)[C@H](Cc1ccc(Br)o1)NC(=O)c1cc2ccc(Oc3ccc(C(C)(C)C)cc3)cc2c(CC2CCCC2)n1. The summed E-state index contributed by atoms with van der Waals surface area (Å²) >= 11 is 3.27. The summed E-state index contributed by atoms with van der Waals surface area (Å²) in [6.45, 7) is 6.56. The largest absolute Gasteiger partial charge is 0.467 e. The number of ether oxygens (including phenoxy) is 2. The molecule has 1 aliphatic rings. The molecule has 8 heteroatoms. The number of methoxy groups -OCH3 is 1. The monoisotopic (exact) mass is 632 g/mol. The van der Waals surface area contributed by atoms with Crippen LogP contribution in [0.1, 0.15) is 74.0 Å². The minimum Gasteiger partial charge on any atom is -0.467 e. The smallest absolute Gasteiger partial charge is 0.328 e. The number of carbonyl (C=O) groups is 2. The van der Waals surface area contributed by atoms with E-state index in [1.54, 1.807) is 18.2 Å². The van der Waals surface area contributed by atoms with Crippen LogP contribution in [0, 0.1) is 5.92 Å². The van der Waals surface area contributed by atoms with E-state index in [4.69, 9.17) is 18.9 Å². The third-order valence-corrected chi connectivity index (χ3v) is 8.28. The number of benzene rings is 2. The van der Waals surface area contributed by atoms with Crippen molar-refractivity contribution in [3.63, 3.8) is 0 Å². The molecule has 1 aliphatic carbocycles. The summed E-state index contributed by atoms with van der Waals surface area (Å²) < 4.78 is 17.3. The van der Waals surface area contributed by atoms with Crippen LogP contribution in [0.3, 0.4) is 0 Å². The number of hydrogen-bond acceptors (Lipinski definition) is 6. The zero-order valence-corrected chi connectivity index (χ0v) is 26.1. The number of rotatable bonds is 9. The summed E-state index contributed by atoms with van der Waals surface area (Å²) in [6.07, 6.45) is 5.67. The Bertz CT molecular complexity index is 1570. The van der Waals surface area contributed by atoms with E-state index in [9.17, 15) is 9.59 Å². The number of nitrogens with zero attached hydrogens (tertiary/aromatic N) is 1. The molecule has 0 bridgehead atoms. The van der Waals surface area contributed by atoms with Crippen molar-refractivity contribution in [3.8, 4) is 11.5 Å². The van der Waals surface area contributed by atoms with Crippen molar-refractivity contribution in [3.05, 3.63) is 88.0 Å². The van der Waals surface area contributed by atoms with Crippen molar-refractivity contribution < 1.29 is 23.5 Å². The molecule has 1 saturated carbocycles. The maximum atomic E-state index is 13.5. The Hall–Kier alpha value is -3.65. The highest BCUT2D eigenvalue weighted by Crippen LogP contribution is 2.33. The van der Waals surface area contributed by atoms with E-state index in [1.165, 1.54) is 25.5 Å². The summed E-state index contributed by atoms with van der Waals surface area (Å²) in [6, 6.07) is 18.4. The maximum absolute atomic E-state index is 13.5. The topological polar surface area (TPSA) is 90.7 Å². The molecule has 0 radical (unpaired) electrons. The second kappa shape index (κ2) is 12.7. The molecule has 1 atom stereocenters. The van der Waals surface area contributed by atoms with E-state index in [0.717, 1.165) is 41.5 Å². The van der Waals surface area contributed by atoms with Gasteiger partial charge >= 0.3 is 5.97 Å². The lowest BCUT2D eigenvalue weighted by Crippen LogP contribution is -2.43. The van der Waals surface area contributed by atoms with Crippen LogP contribution < -0.4 is 10.1 Å². The number of furan rings is 1. The molecule has 220 valence electrons. The van der Waals surface area contributed by atoms with Gasteiger partial charge in [0.25, 0.3) is 5.91 Å². The van der Waals surface area contributed by atoms with E-state index in [2.05, 4.69) is 54.2 Å². The van der Waals surface area contributed by atoms with Gasteiger partial charge in [-0.25, -0.2) is 9.78 Å². The number of esters is 1. The highest BCUT2D eigenvalue weighted by atomic mass is 79.9. The molecule has 42 heavy (non-hydrogen) atoms. The number of carbonyl (C=O) groups excluding carboxylic acids is 2. The fourth-order valence-corrected chi connectivity index (χ4v) is 5.85. The molecule has 2 heterocycles. The van der Waals surface area contributed by atoms with Crippen LogP contribution in [0.15, 0.2) is 69.8 Å². The number of hydrogen-bond donors (Lipinski definition) is 1. The molecular formula is C34H37BrN2O5. The second-order valence-electron chi connectivity index (χ2n) is 12.0. The van der Waals surface area contributed by atoms with Gasteiger partial charge < -0.3 is 19.2 Å². The third-order valence-electron chi connectivity index (χ3n) is 7.85. The molecule has 0 spiro atoms. The van der Waals surface area contributed by atoms with E-state index in [1.807, 2.05) is 30.3 Å². The zero-order chi connectivity index (χ0) is 29.9. The molecule has 7 nitrogen and oxygen atoms in total. The Morgan fingerprint density at radius 1 is 1.02 bits per heavy atom. The molecule has 0 aliphatic heterocycles. The van der Waals surface area contributed by atoms with E-state index in [0.29, 0.717) is 22.1 Å². The lowest BCUT2D eigenvalue weighted by atomic mass is 9.87. The zero-order valence-electron chi connectivity index (χ0n) is 24.5. The highest BCUT2D eigenvalue weighted by Gasteiger charge is 2.26. The van der Waals surface area contributed by atoms with Gasteiger partial charge in [-0.05, 0) is 87.1 Å². The van der Waals surface area contributed by atoms with Crippen molar-refractivity contribution in [2.24, 2.45) is 5.92 Å². The maximum Gasteiger partial charge on any atom is 0.328 e. The van der Waals surface area contributed by atoms with Gasteiger partial charge in [0.05, 0.1) is 7.11 Å². The Morgan fingerprint density at radius 3 is 2.38 bits per heavy atom. The minimum atomic E-state index is -0.920. The lowest BCUT2D eigenvalue weighted by Gasteiger charge is -2.19. The molecule has 4 aromatic rings. The molecule has 2 aromatic heterocycles. The van der Waals surface area contributed by atoms with Crippen molar-refractivity contribution in [1.82, 2.24) is 10.3 Å². The first-order valence-corrected chi connectivity index (χ1v) is 15.2. The second-order valence-corrected chi connectivity index (χ2v) is 12.8. The molecule has 1 fully saturated rings. The predicted molar refractivity (Wildman–Crippen MR) is 166 cm³/mol. The van der Waals surface area contributed by atoms with Gasteiger partial charge in [0.2, 0.25) is 0 Å². The Balaban J connectivity index is 1.43. The average molecular weight is 634 g/mol. The number of amides is 1. The molecular weight excluding hydrogens is 596 g/mol. The quantitative estimate of drug-likeness (QED) is 0.188. The van der Waals surface area contributed by atoms with Crippen LogP contribution in [-0.4, -0.2) is 30.0 Å². The van der Waals surface area contributed by atoms with Gasteiger partial charge in [-0.15, -0.1) is 0 Å². The number of pyridine rings is 1. The summed E-state index contributed by atoms with van der Waals surface area (Å²) in [5.41, 5.74) is 2.44. The molecule has 2 aromatic carbocycles. The summed E-state index contributed by atoms with van der Waals surface area (Å²) in [5.74, 6) is 1.56. The highest BCUT2D eigenvalue weighted by molar-refractivity contribution is 9.10. The van der Waals surface area contributed by atoms with Gasteiger partial charge in [-0.3, -0.25) is 4.79 Å². The number of fused-ring (bicyclic) bond motifs is 1. The number of nitrogens with one attached hydrogen (secondary N) is 1. The summed E-state index contributed by atoms with van der Waals surface area (Å²) in [4.78, 5) is 30.8. The number of aromatic nitrogens is 1. The molecule has 0 saturated heterocycles. The van der Waals surface area contributed by atoms with Crippen LogP contribution in [0.4, 0.5) is 0 Å².